The number of rotatable bonds is 0. The van der Waals surface area contributed by atoms with Gasteiger partial charge >= 0.3 is 0 Å². The largest absolute Gasteiger partial charge is 0.399 e. The first-order valence-electron chi connectivity index (χ1n) is 9.92. The van der Waals surface area contributed by atoms with Crippen LogP contribution in [0.2, 0.25) is 0 Å². The molecule has 0 saturated carbocycles. The van der Waals surface area contributed by atoms with Crippen LogP contribution in [0.15, 0.2) is 72.8 Å². The number of hydrogen-bond acceptors (Lipinski definition) is 1. The Morgan fingerprint density at radius 1 is 0.500 bits per heavy atom. The Hall–Kier alpha value is -3.25. The minimum Gasteiger partial charge on any atom is -0.399 e. The highest BCUT2D eigenvalue weighted by atomic mass is 127. The lowest BCUT2D eigenvalue weighted by Gasteiger charge is -2.00. The number of benzene rings is 5. The summed E-state index contributed by atoms with van der Waals surface area (Å²) in [6.45, 7) is 0. The molecule has 3 nitrogen and oxygen atoms in total. The topological polar surface area (TPSA) is 57.6 Å². The summed E-state index contributed by atoms with van der Waals surface area (Å²) in [5.74, 6) is 0. The quantitative estimate of drug-likeness (QED) is 0.148. The summed E-state index contributed by atoms with van der Waals surface area (Å²) in [7, 11) is 0. The SMILES string of the molecule is Nc1ccc2cc3c(cc2c1)[nH]c1cc2c(cc13)[nH]c1cc3cc(I)ccc3cc12. The van der Waals surface area contributed by atoms with E-state index in [4.69, 9.17) is 5.73 Å². The van der Waals surface area contributed by atoms with Crippen molar-refractivity contribution >= 4 is 93.4 Å². The van der Waals surface area contributed by atoms with Crippen LogP contribution in [0.4, 0.5) is 5.69 Å². The van der Waals surface area contributed by atoms with Crippen LogP contribution in [-0.2, 0) is 0 Å². The van der Waals surface area contributed by atoms with E-state index in [2.05, 4.69) is 93.2 Å². The summed E-state index contributed by atoms with van der Waals surface area (Å²) in [5, 5.41) is 9.88. The second kappa shape index (κ2) is 5.67. The van der Waals surface area contributed by atoms with Gasteiger partial charge in [0.2, 0.25) is 0 Å². The fourth-order valence-electron chi connectivity index (χ4n) is 4.78. The van der Waals surface area contributed by atoms with E-state index in [1.165, 1.54) is 52.3 Å². The van der Waals surface area contributed by atoms with Crippen molar-refractivity contribution < 1.29 is 0 Å². The molecule has 0 fully saturated rings. The highest BCUT2D eigenvalue weighted by molar-refractivity contribution is 14.1. The molecule has 7 rings (SSSR count). The molecule has 2 aromatic heterocycles. The molecule has 0 radical (unpaired) electrons. The van der Waals surface area contributed by atoms with Gasteiger partial charge in [0, 0.05) is 52.9 Å². The summed E-state index contributed by atoms with van der Waals surface area (Å²) in [4.78, 5) is 7.27. The monoisotopic (exact) mass is 497 g/mol. The molecule has 0 aliphatic rings. The maximum Gasteiger partial charge on any atom is 0.0472 e. The molecule has 30 heavy (non-hydrogen) atoms. The molecule has 4 N–H and O–H groups in total. The van der Waals surface area contributed by atoms with Crippen LogP contribution in [0.1, 0.15) is 0 Å². The third kappa shape index (κ3) is 2.25. The number of aromatic nitrogens is 2. The Labute approximate surface area is 185 Å². The van der Waals surface area contributed by atoms with Crippen molar-refractivity contribution in [3.05, 3.63) is 76.4 Å². The lowest BCUT2D eigenvalue weighted by molar-refractivity contribution is 1.55. The van der Waals surface area contributed by atoms with Gasteiger partial charge in [0.1, 0.15) is 0 Å². The van der Waals surface area contributed by atoms with Gasteiger partial charge < -0.3 is 15.7 Å². The third-order valence-corrected chi connectivity index (χ3v) is 6.89. The van der Waals surface area contributed by atoms with Crippen molar-refractivity contribution in [2.24, 2.45) is 0 Å². The predicted molar refractivity (Wildman–Crippen MR) is 137 cm³/mol. The van der Waals surface area contributed by atoms with Crippen molar-refractivity contribution in [3.63, 3.8) is 0 Å². The predicted octanol–water partition coefficient (Wildman–Crippen LogP) is 7.45. The Balaban J connectivity index is 1.58. The molecular weight excluding hydrogens is 481 g/mol. The molecule has 0 atom stereocenters. The van der Waals surface area contributed by atoms with Gasteiger partial charge in [-0.2, -0.15) is 0 Å². The number of nitrogens with one attached hydrogen (secondary N) is 2. The smallest absolute Gasteiger partial charge is 0.0472 e. The average molecular weight is 497 g/mol. The highest BCUT2D eigenvalue weighted by Gasteiger charge is 2.12. The number of fused-ring (bicyclic) bond motifs is 8. The van der Waals surface area contributed by atoms with Gasteiger partial charge in [-0.15, -0.1) is 0 Å². The fourth-order valence-corrected chi connectivity index (χ4v) is 5.29. The lowest BCUT2D eigenvalue weighted by atomic mass is 10.0. The molecule has 0 saturated heterocycles. The normalized spacial score (nSPS) is 12.3. The molecule has 0 unspecified atom stereocenters. The van der Waals surface area contributed by atoms with E-state index in [1.807, 2.05) is 12.1 Å². The molecule has 0 bridgehead atoms. The molecule has 0 aliphatic carbocycles. The molecule has 142 valence electrons. The summed E-state index contributed by atoms with van der Waals surface area (Å²) >= 11 is 2.37. The van der Waals surface area contributed by atoms with E-state index in [-0.39, 0.29) is 0 Å². The molecule has 4 heteroatoms. The maximum atomic E-state index is 5.98. The van der Waals surface area contributed by atoms with E-state index in [0.29, 0.717) is 0 Å². The average Bonchev–Trinajstić information content (AvgIpc) is 3.25. The van der Waals surface area contributed by atoms with Crippen LogP contribution in [0.25, 0.3) is 65.2 Å². The van der Waals surface area contributed by atoms with Crippen LogP contribution < -0.4 is 5.73 Å². The van der Waals surface area contributed by atoms with Gasteiger partial charge in [0.05, 0.1) is 0 Å². The molecule has 2 heterocycles. The van der Waals surface area contributed by atoms with Crippen LogP contribution in [0.5, 0.6) is 0 Å². The molecule has 0 amide bonds. The number of halogens is 1. The zero-order valence-corrected chi connectivity index (χ0v) is 18.0. The molecule has 0 spiro atoms. The first kappa shape index (κ1) is 16.5. The van der Waals surface area contributed by atoms with E-state index in [0.717, 1.165) is 22.1 Å². The summed E-state index contributed by atoms with van der Waals surface area (Å²) in [5.41, 5.74) is 11.4. The van der Waals surface area contributed by atoms with Crippen LogP contribution >= 0.6 is 22.6 Å². The van der Waals surface area contributed by atoms with E-state index in [9.17, 15) is 0 Å². The lowest BCUT2D eigenvalue weighted by Crippen LogP contribution is -1.83. The highest BCUT2D eigenvalue weighted by Crippen LogP contribution is 2.36. The van der Waals surface area contributed by atoms with Crippen molar-refractivity contribution in [2.75, 3.05) is 5.73 Å². The Morgan fingerprint density at radius 3 is 1.63 bits per heavy atom. The minimum atomic E-state index is 0.791. The Morgan fingerprint density at radius 2 is 1.00 bits per heavy atom. The Kier molecular flexibility index (Phi) is 3.12. The van der Waals surface area contributed by atoms with Crippen LogP contribution in [-0.4, -0.2) is 9.97 Å². The van der Waals surface area contributed by atoms with Gasteiger partial charge in [-0.1, -0.05) is 12.1 Å². The number of nitrogen functional groups attached to an aromatic ring is 1. The first-order chi connectivity index (χ1) is 14.6. The Bertz CT molecular complexity index is 1690. The summed E-state index contributed by atoms with van der Waals surface area (Å²) in [6.07, 6.45) is 0. The van der Waals surface area contributed by atoms with Gasteiger partial charge in [-0.3, -0.25) is 0 Å². The number of anilines is 1. The fraction of sp³-hybridized carbons (Fsp3) is 0. The van der Waals surface area contributed by atoms with Crippen LogP contribution in [0, 0.1) is 3.57 Å². The van der Waals surface area contributed by atoms with Crippen molar-refractivity contribution in [1.29, 1.82) is 0 Å². The third-order valence-electron chi connectivity index (χ3n) is 6.22. The molecule has 0 aliphatic heterocycles. The maximum absolute atomic E-state index is 5.98. The van der Waals surface area contributed by atoms with Gasteiger partial charge in [-0.25, -0.2) is 0 Å². The van der Waals surface area contributed by atoms with Gasteiger partial charge in [-0.05, 0) is 105 Å². The minimum absolute atomic E-state index is 0.791. The van der Waals surface area contributed by atoms with Crippen molar-refractivity contribution in [1.82, 2.24) is 9.97 Å². The van der Waals surface area contributed by atoms with E-state index < -0.39 is 0 Å². The molecular formula is C26H16IN3. The van der Waals surface area contributed by atoms with E-state index >= 15 is 0 Å². The number of hydrogen-bond donors (Lipinski definition) is 3. The zero-order chi connectivity index (χ0) is 20.0. The summed E-state index contributed by atoms with van der Waals surface area (Å²) < 4.78 is 1.25. The number of aromatic amines is 2. The van der Waals surface area contributed by atoms with Gasteiger partial charge in [0.15, 0.2) is 0 Å². The van der Waals surface area contributed by atoms with Crippen LogP contribution in [0.3, 0.4) is 0 Å². The summed E-state index contributed by atoms with van der Waals surface area (Å²) in [6, 6.07) is 26.3. The van der Waals surface area contributed by atoms with Crippen molar-refractivity contribution in [3.8, 4) is 0 Å². The molecule has 7 aromatic rings. The number of nitrogens with two attached hydrogens (primary N) is 1. The second-order valence-corrected chi connectivity index (χ2v) is 9.33. The first-order valence-corrected chi connectivity index (χ1v) is 11.0. The van der Waals surface area contributed by atoms with E-state index in [1.54, 1.807) is 0 Å². The zero-order valence-electron chi connectivity index (χ0n) is 15.9. The number of H-pyrrole nitrogens is 2. The second-order valence-electron chi connectivity index (χ2n) is 8.09. The standard InChI is InChI=1S/C26H16IN3/c27-17-3-1-13-7-19-21-11-26-22(12-25(21)29-23(19)9-15(13)5-17)20-8-14-2-4-18(28)6-16(14)10-24(20)30-26/h1-12,29-30H,28H2. The van der Waals surface area contributed by atoms with Crippen molar-refractivity contribution in [2.45, 2.75) is 0 Å². The molecule has 5 aromatic carbocycles. The van der Waals surface area contributed by atoms with Gasteiger partial charge in [0.25, 0.3) is 0 Å².